The number of hydrogen-bond acceptors (Lipinski definition) is 3. The minimum Gasteiger partial charge on any atom is -0.508 e. The van der Waals surface area contributed by atoms with Crippen LogP contribution in [0.1, 0.15) is 44.1 Å². The second-order valence-corrected chi connectivity index (χ2v) is 5.20. The molecule has 2 rings (SSSR count). The van der Waals surface area contributed by atoms with Crippen LogP contribution in [0.2, 0.25) is 0 Å². The third-order valence-electron chi connectivity index (χ3n) is 3.85. The van der Waals surface area contributed by atoms with E-state index in [1.807, 2.05) is 6.92 Å². The molecule has 2 unspecified atom stereocenters. The van der Waals surface area contributed by atoms with Crippen molar-refractivity contribution in [2.75, 3.05) is 6.54 Å². The molecule has 19 heavy (non-hydrogen) atoms. The van der Waals surface area contributed by atoms with Gasteiger partial charge >= 0.3 is 0 Å². The average molecular weight is 263 g/mol. The van der Waals surface area contributed by atoms with Crippen molar-refractivity contribution in [3.05, 3.63) is 23.8 Å². The normalized spacial score (nSPS) is 23.0. The third kappa shape index (κ3) is 3.19. The van der Waals surface area contributed by atoms with E-state index in [1.165, 1.54) is 6.07 Å². The Morgan fingerprint density at radius 2 is 2.16 bits per heavy atom. The first kappa shape index (κ1) is 13.7. The number of carbonyl (C=O) groups excluding carboxylic acids is 1. The van der Waals surface area contributed by atoms with Gasteiger partial charge in [-0.2, -0.15) is 0 Å². The van der Waals surface area contributed by atoms with Gasteiger partial charge in [0.2, 0.25) is 5.91 Å². The van der Waals surface area contributed by atoms with Gasteiger partial charge in [0.25, 0.3) is 0 Å². The summed E-state index contributed by atoms with van der Waals surface area (Å²) in [6.45, 7) is 2.58. The lowest BCUT2D eigenvalue weighted by Crippen LogP contribution is -2.33. The summed E-state index contributed by atoms with van der Waals surface area (Å²) in [5, 5.41) is 22.1. The molecule has 1 aliphatic rings. The topological polar surface area (TPSA) is 69.6 Å². The molecule has 4 heteroatoms. The van der Waals surface area contributed by atoms with Gasteiger partial charge in [-0.3, -0.25) is 4.79 Å². The maximum absolute atomic E-state index is 11.9. The Balaban J connectivity index is 2.10. The molecule has 2 atom stereocenters. The summed E-state index contributed by atoms with van der Waals surface area (Å²) < 4.78 is 0. The molecule has 0 spiro atoms. The summed E-state index contributed by atoms with van der Waals surface area (Å²) in [5.41, 5.74) is 0.840. The van der Waals surface area contributed by atoms with Crippen LogP contribution < -0.4 is 5.32 Å². The minimum absolute atomic E-state index is 0.0342. The average Bonchev–Trinajstić information content (AvgIpc) is 2.39. The molecule has 1 aromatic carbocycles. The molecule has 0 heterocycles. The van der Waals surface area contributed by atoms with Crippen LogP contribution in [0.5, 0.6) is 11.5 Å². The molecule has 1 aromatic rings. The lowest BCUT2D eigenvalue weighted by atomic mass is 9.77. The first-order chi connectivity index (χ1) is 9.11. The standard InChI is InChI=1S/C15H21NO3/c1-2-16-15(19)11-5-3-4-10(8-11)13-7-6-12(17)9-14(13)18/h6-7,9-11,17-18H,2-5,8H2,1H3,(H,16,19). The lowest BCUT2D eigenvalue weighted by molar-refractivity contribution is -0.126. The minimum atomic E-state index is 0.0342. The number of amides is 1. The highest BCUT2D eigenvalue weighted by atomic mass is 16.3. The number of nitrogens with one attached hydrogen (secondary N) is 1. The van der Waals surface area contributed by atoms with E-state index in [4.69, 9.17) is 0 Å². The van der Waals surface area contributed by atoms with Gasteiger partial charge in [0, 0.05) is 18.5 Å². The highest BCUT2D eigenvalue weighted by Gasteiger charge is 2.29. The Morgan fingerprint density at radius 1 is 1.37 bits per heavy atom. The fourth-order valence-corrected chi connectivity index (χ4v) is 2.91. The SMILES string of the molecule is CCNC(=O)C1CCCC(c2ccc(O)cc2O)C1. The molecule has 4 nitrogen and oxygen atoms in total. The molecule has 0 aromatic heterocycles. The van der Waals surface area contributed by atoms with Gasteiger partial charge in [-0.1, -0.05) is 12.5 Å². The lowest BCUT2D eigenvalue weighted by Gasteiger charge is -2.29. The summed E-state index contributed by atoms with van der Waals surface area (Å²) in [6, 6.07) is 4.71. The van der Waals surface area contributed by atoms with Crippen molar-refractivity contribution < 1.29 is 15.0 Å². The maximum atomic E-state index is 11.9. The van der Waals surface area contributed by atoms with Crippen LogP contribution in [0.3, 0.4) is 0 Å². The fraction of sp³-hybridized carbons (Fsp3) is 0.533. The smallest absolute Gasteiger partial charge is 0.223 e. The number of phenolic OH excluding ortho intramolecular Hbond substituents is 2. The fourth-order valence-electron chi connectivity index (χ4n) is 2.91. The Hall–Kier alpha value is -1.71. The highest BCUT2D eigenvalue weighted by Crippen LogP contribution is 2.40. The molecule has 3 N–H and O–H groups in total. The van der Waals surface area contributed by atoms with E-state index in [0.717, 1.165) is 31.2 Å². The molecule has 1 amide bonds. The van der Waals surface area contributed by atoms with E-state index in [-0.39, 0.29) is 29.2 Å². The molecular formula is C15H21NO3. The van der Waals surface area contributed by atoms with Crippen molar-refractivity contribution in [1.29, 1.82) is 0 Å². The third-order valence-corrected chi connectivity index (χ3v) is 3.85. The van der Waals surface area contributed by atoms with Crippen molar-refractivity contribution >= 4 is 5.91 Å². The molecule has 0 bridgehead atoms. The zero-order chi connectivity index (χ0) is 13.8. The van der Waals surface area contributed by atoms with E-state index >= 15 is 0 Å². The van der Waals surface area contributed by atoms with E-state index in [1.54, 1.807) is 12.1 Å². The number of carbonyl (C=O) groups is 1. The van der Waals surface area contributed by atoms with Crippen molar-refractivity contribution in [3.63, 3.8) is 0 Å². The number of benzene rings is 1. The van der Waals surface area contributed by atoms with Gasteiger partial charge in [-0.25, -0.2) is 0 Å². The van der Waals surface area contributed by atoms with E-state index in [0.29, 0.717) is 6.54 Å². The zero-order valence-electron chi connectivity index (χ0n) is 11.2. The van der Waals surface area contributed by atoms with Crippen LogP contribution in [-0.2, 0) is 4.79 Å². The number of aromatic hydroxyl groups is 2. The van der Waals surface area contributed by atoms with Crippen LogP contribution in [0.4, 0.5) is 0 Å². The molecule has 1 fully saturated rings. The Bertz CT molecular complexity index is 459. The van der Waals surface area contributed by atoms with Crippen LogP contribution in [0.15, 0.2) is 18.2 Å². The van der Waals surface area contributed by atoms with Crippen molar-refractivity contribution in [2.24, 2.45) is 5.92 Å². The zero-order valence-corrected chi connectivity index (χ0v) is 11.2. The largest absolute Gasteiger partial charge is 0.508 e. The summed E-state index contributed by atoms with van der Waals surface area (Å²) in [4.78, 5) is 11.9. The van der Waals surface area contributed by atoms with Crippen molar-refractivity contribution in [2.45, 2.75) is 38.5 Å². The number of phenols is 2. The van der Waals surface area contributed by atoms with Crippen LogP contribution in [-0.4, -0.2) is 22.7 Å². The van der Waals surface area contributed by atoms with Crippen molar-refractivity contribution in [3.8, 4) is 11.5 Å². The van der Waals surface area contributed by atoms with Gasteiger partial charge in [0.05, 0.1) is 0 Å². The summed E-state index contributed by atoms with van der Waals surface area (Å²) in [6.07, 6.45) is 3.66. The molecule has 1 saturated carbocycles. The summed E-state index contributed by atoms with van der Waals surface area (Å²) in [7, 11) is 0. The Kier molecular flexibility index (Phi) is 4.30. The van der Waals surface area contributed by atoms with Gasteiger partial charge in [0.1, 0.15) is 11.5 Å². The van der Waals surface area contributed by atoms with E-state index < -0.39 is 0 Å². The summed E-state index contributed by atoms with van der Waals surface area (Å²) in [5.74, 6) is 0.540. The van der Waals surface area contributed by atoms with Crippen LogP contribution in [0, 0.1) is 5.92 Å². The Labute approximate surface area is 113 Å². The van der Waals surface area contributed by atoms with E-state index in [2.05, 4.69) is 5.32 Å². The first-order valence-corrected chi connectivity index (χ1v) is 6.91. The van der Waals surface area contributed by atoms with Crippen molar-refractivity contribution in [1.82, 2.24) is 5.32 Å². The second-order valence-electron chi connectivity index (χ2n) is 5.20. The maximum Gasteiger partial charge on any atom is 0.223 e. The predicted octanol–water partition coefficient (Wildman–Crippen LogP) is 2.51. The molecule has 1 aliphatic carbocycles. The van der Waals surface area contributed by atoms with Crippen LogP contribution in [0.25, 0.3) is 0 Å². The van der Waals surface area contributed by atoms with Gasteiger partial charge < -0.3 is 15.5 Å². The molecule has 0 aliphatic heterocycles. The Morgan fingerprint density at radius 3 is 2.84 bits per heavy atom. The second kappa shape index (κ2) is 5.95. The van der Waals surface area contributed by atoms with E-state index in [9.17, 15) is 15.0 Å². The molecule has 0 saturated heterocycles. The number of hydrogen-bond donors (Lipinski definition) is 3. The number of rotatable bonds is 3. The summed E-state index contributed by atoms with van der Waals surface area (Å²) >= 11 is 0. The van der Waals surface area contributed by atoms with Gasteiger partial charge in [-0.05, 0) is 43.7 Å². The van der Waals surface area contributed by atoms with Crippen LogP contribution >= 0.6 is 0 Å². The molecular weight excluding hydrogens is 242 g/mol. The van der Waals surface area contributed by atoms with Gasteiger partial charge in [0.15, 0.2) is 0 Å². The highest BCUT2D eigenvalue weighted by molar-refractivity contribution is 5.78. The molecule has 0 radical (unpaired) electrons. The predicted molar refractivity (Wildman–Crippen MR) is 73.2 cm³/mol. The monoisotopic (exact) mass is 263 g/mol. The quantitative estimate of drug-likeness (QED) is 0.784. The molecule has 104 valence electrons. The van der Waals surface area contributed by atoms with Gasteiger partial charge in [-0.15, -0.1) is 0 Å². The first-order valence-electron chi connectivity index (χ1n) is 6.91.